The SMILES string of the molecule is [2H]c1nc(-c2[c-]c(-c3cccc4c3nc(-c3ccccc3O)n4-c3ccc(C([2H])(C)C)cc3-c3ccccc3)cc(C(C)(C)C)c2)c([2H])c(-c2c([2H])c([2H])c(C([2H])([2H])[2H])c([2H])c2[2H])c1[2H].[Pt]. The zero-order chi connectivity index (χ0) is 47.1. The monoisotopic (exact) mass is 908 g/mol. The van der Waals surface area contributed by atoms with Gasteiger partial charge in [-0.15, -0.1) is 29.3 Å². The Hall–Kier alpha value is -5.57. The van der Waals surface area contributed by atoms with Gasteiger partial charge in [-0.1, -0.05) is 142 Å². The van der Waals surface area contributed by atoms with Gasteiger partial charge in [0.2, 0.25) is 0 Å². The first-order valence-corrected chi connectivity index (χ1v) is 17.7. The van der Waals surface area contributed by atoms with E-state index in [-0.39, 0.29) is 38.1 Å². The fourth-order valence-electron chi connectivity index (χ4n) is 6.58. The van der Waals surface area contributed by atoms with Gasteiger partial charge in [0.25, 0.3) is 0 Å². The topological polar surface area (TPSA) is 50.9 Å². The summed E-state index contributed by atoms with van der Waals surface area (Å²) in [7, 11) is 0. The summed E-state index contributed by atoms with van der Waals surface area (Å²) in [4.78, 5) is 9.65. The number of fused-ring (bicyclic) bond motifs is 1. The molecule has 0 saturated heterocycles. The van der Waals surface area contributed by atoms with E-state index >= 15 is 0 Å². The number of imidazole rings is 1. The Morgan fingerprint density at radius 2 is 1.49 bits per heavy atom. The van der Waals surface area contributed by atoms with Crippen LogP contribution in [0.1, 0.15) is 72.3 Å². The molecular weight excluding hydrogens is 854 g/mol. The van der Waals surface area contributed by atoms with Crippen LogP contribution in [-0.4, -0.2) is 19.6 Å². The molecule has 0 radical (unpaired) electrons. The second-order valence-electron chi connectivity index (χ2n) is 14.5. The Balaban J connectivity index is 0.00000648. The molecule has 0 saturated carbocycles. The quantitative estimate of drug-likeness (QED) is 0.162. The van der Waals surface area contributed by atoms with Crippen molar-refractivity contribution in [3.8, 4) is 67.5 Å². The smallest absolute Gasteiger partial charge is 0.148 e. The number of para-hydroxylation sites is 2. The molecule has 5 heteroatoms. The van der Waals surface area contributed by atoms with Gasteiger partial charge < -0.3 is 5.11 Å². The molecule has 0 spiro atoms. The molecule has 0 amide bonds. The molecular formula is C50H44N3OPt-. The molecule has 8 rings (SSSR count). The zero-order valence-electron chi connectivity index (χ0n) is 41.9. The fourth-order valence-corrected chi connectivity index (χ4v) is 6.58. The van der Waals surface area contributed by atoms with Crippen LogP contribution in [0.5, 0.6) is 5.75 Å². The van der Waals surface area contributed by atoms with Gasteiger partial charge in [0.15, 0.2) is 0 Å². The molecule has 0 atom stereocenters. The maximum Gasteiger partial charge on any atom is 0.148 e. The van der Waals surface area contributed by atoms with E-state index in [0.717, 1.165) is 27.9 Å². The molecule has 0 unspecified atom stereocenters. The summed E-state index contributed by atoms with van der Waals surface area (Å²) in [5, 5.41) is 11.4. The van der Waals surface area contributed by atoms with Crippen LogP contribution in [0.25, 0.3) is 72.7 Å². The summed E-state index contributed by atoms with van der Waals surface area (Å²) in [6.45, 7) is 6.73. The third kappa shape index (κ3) is 7.44. The normalized spacial score (nSPS) is 14.8. The van der Waals surface area contributed by atoms with Crippen LogP contribution in [0.15, 0.2) is 146 Å². The van der Waals surface area contributed by atoms with Crippen molar-refractivity contribution in [1.29, 1.82) is 0 Å². The van der Waals surface area contributed by atoms with Gasteiger partial charge in [0.1, 0.15) is 11.6 Å². The number of aromatic nitrogens is 3. The van der Waals surface area contributed by atoms with Crippen molar-refractivity contribution in [2.45, 2.75) is 52.8 Å². The molecule has 0 aliphatic heterocycles. The van der Waals surface area contributed by atoms with Crippen molar-refractivity contribution in [2.24, 2.45) is 0 Å². The van der Waals surface area contributed by atoms with Crippen molar-refractivity contribution in [3.63, 3.8) is 0 Å². The summed E-state index contributed by atoms with van der Waals surface area (Å²) in [5.74, 6) is -0.439. The predicted molar refractivity (Wildman–Crippen MR) is 224 cm³/mol. The summed E-state index contributed by atoms with van der Waals surface area (Å²) in [6, 6.07) is 31.4. The van der Waals surface area contributed by atoms with E-state index < -0.39 is 77.3 Å². The number of phenols is 1. The van der Waals surface area contributed by atoms with Gasteiger partial charge in [-0.25, -0.2) is 4.98 Å². The van der Waals surface area contributed by atoms with Crippen molar-refractivity contribution in [2.75, 3.05) is 0 Å². The molecule has 1 N–H and O–H groups in total. The standard InChI is InChI=1S/C50H44N3O.Pt/c1-32(2)36-23-24-45(43(30-36)35-13-8-7-9-14-35)53-46-17-12-16-41(48(46)52-49(53)42-15-10-11-18-47(42)54)38-27-39(29-40(28-38)50(4,5)6)44-31-37(25-26-51-44)34-21-19-33(3)20-22-34;/h7-26,28-32,54H,1-6H3;/q-1;/i3D3,19D,20D,21D,22D,25D,26D,31D,32D;. The molecule has 2 aromatic heterocycles. The molecule has 8 aromatic rings. The summed E-state index contributed by atoms with van der Waals surface area (Å²) in [6.07, 6.45) is -0.596. The van der Waals surface area contributed by atoms with E-state index in [1.807, 2.05) is 118 Å². The molecule has 0 bridgehead atoms. The van der Waals surface area contributed by atoms with Crippen molar-refractivity contribution >= 4 is 11.0 Å². The number of rotatable bonds is 7. The van der Waals surface area contributed by atoms with Crippen LogP contribution in [0, 0.1) is 12.9 Å². The number of hydrogen-bond donors (Lipinski definition) is 1. The number of phenolic OH excluding ortho intramolecular Hbond substituents is 1. The van der Waals surface area contributed by atoms with E-state index in [2.05, 4.69) is 11.1 Å². The van der Waals surface area contributed by atoms with E-state index in [1.54, 1.807) is 24.3 Å². The molecule has 0 fully saturated rings. The molecule has 0 aliphatic rings. The van der Waals surface area contributed by atoms with Gasteiger partial charge in [-0.2, -0.15) is 0 Å². The van der Waals surface area contributed by atoms with Crippen LogP contribution in [0.2, 0.25) is 0 Å². The second kappa shape index (κ2) is 15.3. The molecule has 276 valence electrons. The molecule has 2 heterocycles. The fraction of sp³-hybridized carbons (Fsp3) is 0.160. The average molecular weight is 909 g/mol. The first-order chi connectivity index (χ1) is 30.5. The first kappa shape index (κ1) is 26.3. The van der Waals surface area contributed by atoms with Gasteiger partial charge in [0.05, 0.1) is 31.9 Å². The molecule has 55 heavy (non-hydrogen) atoms. The molecule has 0 aliphatic carbocycles. The largest absolute Gasteiger partial charge is 0.507 e. The summed E-state index contributed by atoms with van der Waals surface area (Å²) in [5.41, 5.74) is 4.97. The summed E-state index contributed by atoms with van der Waals surface area (Å²) < 4.78 is 96.2. The number of benzene rings is 6. The van der Waals surface area contributed by atoms with Crippen LogP contribution < -0.4 is 0 Å². The van der Waals surface area contributed by atoms with Gasteiger partial charge in [-0.05, 0) is 76.8 Å². The Kier molecular flexibility index (Phi) is 7.30. The Labute approximate surface area is 354 Å². The van der Waals surface area contributed by atoms with E-state index in [9.17, 15) is 6.48 Å². The number of aromatic hydroxyl groups is 1. The van der Waals surface area contributed by atoms with Gasteiger partial charge in [0, 0.05) is 44.0 Å². The van der Waals surface area contributed by atoms with Gasteiger partial charge >= 0.3 is 0 Å². The number of nitrogens with zero attached hydrogens (tertiary/aromatic N) is 3. The minimum atomic E-state index is -2.97. The number of hydrogen-bond acceptors (Lipinski definition) is 3. The van der Waals surface area contributed by atoms with Crippen LogP contribution >= 0.6 is 0 Å². The number of pyridine rings is 1. The van der Waals surface area contributed by atoms with Crippen molar-refractivity contribution in [1.82, 2.24) is 14.5 Å². The average Bonchev–Trinajstić information content (AvgIpc) is 3.64. The van der Waals surface area contributed by atoms with Crippen LogP contribution in [-0.2, 0) is 26.5 Å². The Bertz CT molecular complexity index is 3180. The third-order valence-electron chi connectivity index (χ3n) is 9.48. The van der Waals surface area contributed by atoms with Crippen LogP contribution in [0.4, 0.5) is 0 Å². The maximum absolute atomic E-state index is 11.4. The predicted octanol–water partition coefficient (Wildman–Crippen LogP) is 13.0. The first-order valence-electron chi connectivity index (χ1n) is 23.2. The van der Waals surface area contributed by atoms with Crippen molar-refractivity contribution in [3.05, 3.63) is 168 Å². The third-order valence-corrected chi connectivity index (χ3v) is 9.48. The van der Waals surface area contributed by atoms with E-state index in [1.165, 1.54) is 0 Å². The zero-order valence-corrected chi connectivity index (χ0v) is 33.2. The second-order valence-corrected chi connectivity index (χ2v) is 14.5. The summed E-state index contributed by atoms with van der Waals surface area (Å²) >= 11 is 0. The van der Waals surface area contributed by atoms with Crippen molar-refractivity contribution < 1.29 is 41.3 Å². The van der Waals surface area contributed by atoms with Crippen LogP contribution in [0.3, 0.4) is 0 Å². The van der Waals surface area contributed by atoms with E-state index in [0.29, 0.717) is 33.5 Å². The Morgan fingerprint density at radius 3 is 2.22 bits per heavy atom. The maximum atomic E-state index is 11.4. The molecule has 4 nitrogen and oxygen atoms in total. The minimum Gasteiger partial charge on any atom is -0.507 e. The minimum absolute atomic E-state index is 0. The van der Waals surface area contributed by atoms with Gasteiger partial charge in [-0.3, -0.25) is 9.55 Å². The van der Waals surface area contributed by atoms with E-state index in [4.69, 9.17) is 18.7 Å². The Morgan fingerprint density at radius 1 is 0.764 bits per heavy atom. The molecule has 6 aromatic carbocycles.